The monoisotopic (exact) mass is 367 g/mol. The van der Waals surface area contributed by atoms with Gasteiger partial charge in [-0.05, 0) is 25.0 Å². The molecule has 1 fully saturated rings. The summed E-state index contributed by atoms with van der Waals surface area (Å²) < 4.78 is 35.2. The number of furan rings is 1. The van der Waals surface area contributed by atoms with E-state index in [1.54, 1.807) is 29.2 Å². The third-order valence-electron chi connectivity index (χ3n) is 4.11. The number of aryl methyl sites for hydroxylation is 1. The maximum absolute atomic E-state index is 12.6. The molecular weight excluding hydrogens is 346 g/mol. The largest absolute Gasteiger partial charge is 0.468 e. The van der Waals surface area contributed by atoms with Crippen molar-refractivity contribution in [2.24, 2.45) is 0 Å². The zero-order chi connectivity index (χ0) is 18.0. The third kappa shape index (κ3) is 3.75. The molecule has 2 aromatic heterocycles. The molecule has 3 rings (SSSR count). The van der Waals surface area contributed by atoms with Crippen LogP contribution in [-0.2, 0) is 21.5 Å². The van der Waals surface area contributed by atoms with Crippen LogP contribution in [0.1, 0.15) is 31.6 Å². The number of hydrogen-bond donors (Lipinski definition) is 2. The Morgan fingerprint density at radius 3 is 3.00 bits per heavy atom. The minimum absolute atomic E-state index is 0.262. The average Bonchev–Trinajstić information content (AvgIpc) is 3.22. The maximum atomic E-state index is 12.6. The lowest BCUT2D eigenvalue weighted by Gasteiger charge is -2.35. The second kappa shape index (κ2) is 6.98. The van der Waals surface area contributed by atoms with Crippen molar-refractivity contribution in [3.63, 3.8) is 0 Å². The number of anilines is 1. The maximum Gasteiger partial charge on any atom is 0.280 e. The lowest BCUT2D eigenvalue weighted by Crippen LogP contribution is -2.55. The molecular formula is C15H21N5O4S. The molecule has 2 atom stereocenters. The van der Waals surface area contributed by atoms with Crippen LogP contribution in [0.3, 0.4) is 0 Å². The molecule has 3 heterocycles. The van der Waals surface area contributed by atoms with Gasteiger partial charge in [-0.3, -0.25) is 9.48 Å². The van der Waals surface area contributed by atoms with E-state index < -0.39 is 28.2 Å². The first-order valence-corrected chi connectivity index (χ1v) is 9.46. The van der Waals surface area contributed by atoms with Gasteiger partial charge >= 0.3 is 0 Å². The third-order valence-corrected chi connectivity index (χ3v) is 5.71. The molecule has 136 valence electrons. The number of nitrogens with zero attached hydrogens (tertiary/aromatic N) is 3. The van der Waals surface area contributed by atoms with Crippen molar-refractivity contribution < 1.29 is 17.6 Å². The predicted octanol–water partition coefficient (Wildman–Crippen LogP) is 1.10. The van der Waals surface area contributed by atoms with Gasteiger partial charge in [0.15, 0.2) is 0 Å². The summed E-state index contributed by atoms with van der Waals surface area (Å²) in [5.41, 5.74) is 0.539. The lowest BCUT2D eigenvalue weighted by molar-refractivity contribution is -0.120. The van der Waals surface area contributed by atoms with Gasteiger partial charge in [0.25, 0.3) is 10.2 Å². The van der Waals surface area contributed by atoms with Gasteiger partial charge in [-0.2, -0.15) is 22.5 Å². The van der Waals surface area contributed by atoms with E-state index in [9.17, 15) is 13.2 Å². The molecule has 9 nitrogen and oxygen atoms in total. The number of carbonyl (C=O) groups is 1. The van der Waals surface area contributed by atoms with E-state index in [-0.39, 0.29) is 6.42 Å². The first-order valence-electron chi connectivity index (χ1n) is 8.02. The predicted molar refractivity (Wildman–Crippen MR) is 90.8 cm³/mol. The Kier molecular flexibility index (Phi) is 4.93. The molecule has 1 aliphatic heterocycles. The van der Waals surface area contributed by atoms with Crippen LogP contribution in [0, 0.1) is 0 Å². The second-order valence-electron chi connectivity index (χ2n) is 5.94. The van der Waals surface area contributed by atoms with Crippen LogP contribution in [0.5, 0.6) is 0 Å². The number of carbonyl (C=O) groups excluding carboxylic acids is 1. The van der Waals surface area contributed by atoms with Crippen LogP contribution in [0.2, 0.25) is 0 Å². The molecule has 0 saturated carbocycles. The van der Waals surface area contributed by atoms with Crippen molar-refractivity contribution in [2.75, 3.05) is 12.4 Å². The molecule has 10 heteroatoms. The Balaban J connectivity index is 1.77. The summed E-state index contributed by atoms with van der Waals surface area (Å²) in [5.74, 6) is 0.0745. The van der Waals surface area contributed by atoms with Gasteiger partial charge in [0, 0.05) is 19.8 Å². The van der Waals surface area contributed by atoms with E-state index >= 15 is 0 Å². The Bertz CT molecular complexity index is 830. The normalized spacial score (nSPS) is 23.4. The van der Waals surface area contributed by atoms with Crippen LogP contribution < -0.4 is 10.0 Å². The van der Waals surface area contributed by atoms with Crippen molar-refractivity contribution in [2.45, 2.75) is 38.4 Å². The molecule has 0 unspecified atom stereocenters. The molecule has 25 heavy (non-hydrogen) atoms. The van der Waals surface area contributed by atoms with E-state index in [2.05, 4.69) is 15.1 Å². The summed E-state index contributed by atoms with van der Waals surface area (Å²) in [7, 11) is -2.40. The summed E-state index contributed by atoms with van der Waals surface area (Å²) >= 11 is 0. The number of hydrogen-bond acceptors (Lipinski definition) is 5. The van der Waals surface area contributed by atoms with Crippen LogP contribution >= 0.6 is 0 Å². The molecule has 0 aromatic carbocycles. The standard InChI is InChI=1S/C15H21N5O4S/c1-3-6-20-10-11(9-16-20)17-15(21)13-8-12(14-5-4-7-24-14)18-25(22,23)19(13)2/h4-5,7,9-10,12-13,18H,3,6,8H2,1-2H3,(H,17,21)/t12-,13+/m0/s1. The minimum atomic E-state index is -3.78. The fourth-order valence-electron chi connectivity index (χ4n) is 2.79. The van der Waals surface area contributed by atoms with E-state index in [1.807, 2.05) is 6.92 Å². The fourth-order valence-corrected chi connectivity index (χ4v) is 4.05. The Morgan fingerprint density at radius 1 is 1.52 bits per heavy atom. The zero-order valence-electron chi connectivity index (χ0n) is 14.0. The van der Waals surface area contributed by atoms with E-state index in [4.69, 9.17) is 4.42 Å². The van der Waals surface area contributed by atoms with E-state index in [0.717, 1.165) is 17.3 Å². The van der Waals surface area contributed by atoms with Gasteiger partial charge in [-0.25, -0.2) is 0 Å². The minimum Gasteiger partial charge on any atom is -0.468 e. The molecule has 2 aromatic rings. The molecule has 2 N–H and O–H groups in total. The molecule has 1 saturated heterocycles. The molecule has 0 radical (unpaired) electrons. The van der Waals surface area contributed by atoms with Crippen LogP contribution in [0.4, 0.5) is 5.69 Å². The van der Waals surface area contributed by atoms with Crippen LogP contribution in [-0.4, -0.2) is 41.5 Å². The number of likely N-dealkylation sites (N-methyl/N-ethyl adjacent to an activating group) is 1. The van der Waals surface area contributed by atoms with Crippen molar-refractivity contribution >= 4 is 21.8 Å². The number of rotatable bonds is 5. The lowest BCUT2D eigenvalue weighted by atomic mass is 10.0. The number of amides is 1. The van der Waals surface area contributed by atoms with Crippen molar-refractivity contribution in [3.05, 3.63) is 36.5 Å². The highest BCUT2D eigenvalue weighted by atomic mass is 32.2. The summed E-state index contributed by atoms with van der Waals surface area (Å²) in [6.07, 6.45) is 5.93. The molecule has 0 spiro atoms. The Morgan fingerprint density at radius 2 is 2.32 bits per heavy atom. The van der Waals surface area contributed by atoms with Gasteiger partial charge in [-0.15, -0.1) is 0 Å². The summed E-state index contributed by atoms with van der Waals surface area (Å²) in [5, 5.41) is 6.89. The van der Waals surface area contributed by atoms with Crippen LogP contribution in [0.15, 0.2) is 35.2 Å². The smallest absolute Gasteiger partial charge is 0.280 e. The highest BCUT2D eigenvalue weighted by molar-refractivity contribution is 7.87. The molecule has 0 aliphatic carbocycles. The van der Waals surface area contributed by atoms with Gasteiger partial charge < -0.3 is 9.73 Å². The van der Waals surface area contributed by atoms with Crippen molar-refractivity contribution in [1.29, 1.82) is 0 Å². The first kappa shape index (κ1) is 17.6. The topological polar surface area (TPSA) is 109 Å². The SMILES string of the molecule is CCCn1cc(NC(=O)[C@H]2C[C@@H](c3ccco3)NS(=O)(=O)N2C)cn1. The van der Waals surface area contributed by atoms with Gasteiger partial charge in [0.1, 0.15) is 11.8 Å². The summed E-state index contributed by atoms with van der Waals surface area (Å²) in [4.78, 5) is 12.6. The number of nitrogens with one attached hydrogen (secondary N) is 2. The van der Waals surface area contributed by atoms with Gasteiger partial charge in [0.05, 0.1) is 24.2 Å². The van der Waals surface area contributed by atoms with E-state index in [1.165, 1.54) is 13.3 Å². The van der Waals surface area contributed by atoms with Crippen molar-refractivity contribution in [3.8, 4) is 0 Å². The average molecular weight is 367 g/mol. The summed E-state index contributed by atoms with van der Waals surface area (Å²) in [6.45, 7) is 2.78. The fraction of sp³-hybridized carbons (Fsp3) is 0.467. The first-order chi connectivity index (χ1) is 11.9. The second-order valence-corrected chi connectivity index (χ2v) is 7.70. The molecule has 0 bridgehead atoms. The van der Waals surface area contributed by atoms with Crippen LogP contribution in [0.25, 0.3) is 0 Å². The quantitative estimate of drug-likeness (QED) is 0.822. The number of aromatic nitrogens is 2. The van der Waals surface area contributed by atoms with Gasteiger partial charge in [-0.1, -0.05) is 6.92 Å². The highest BCUT2D eigenvalue weighted by Gasteiger charge is 2.41. The zero-order valence-corrected chi connectivity index (χ0v) is 14.9. The highest BCUT2D eigenvalue weighted by Crippen LogP contribution is 2.28. The van der Waals surface area contributed by atoms with Gasteiger partial charge in [0.2, 0.25) is 5.91 Å². The summed E-state index contributed by atoms with van der Waals surface area (Å²) in [6, 6.07) is 1.92. The molecule has 1 aliphatic rings. The Hall–Kier alpha value is -2.17. The van der Waals surface area contributed by atoms with Crippen molar-refractivity contribution in [1.82, 2.24) is 18.8 Å². The Labute approximate surface area is 146 Å². The van der Waals surface area contributed by atoms with E-state index in [0.29, 0.717) is 11.4 Å². The molecule has 1 amide bonds.